The van der Waals surface area contributed by atoms with Gasteiger partial charge in [-0.25, -0.2) is 9.07 Å². The fraction of sp³-hybridized carbons (Fsp3) is 0.357. The standard InChI is InChI=1S/C14H18FN3/c1-14(2,3)12-8-13(16)18(17-12)9-10-5-4-6-11(15)7-10/h4-8H,9,16H2,1-3H3. The van der Waals surface area contributed by atoms with Crippen molar-refractivity contribution in [3.05, 3.63) is 47.4 Å². The van der Waals surface area contributed by atoms with E-state index in [2.05, 4.69) is 25.9 Å². The Morgan fingerprint density at radius 2 is 2.00 bits per heavy atom. The Morgan fingerprint density at radius 1 is 1.28 bits per heavy atom. The van der Waals surface area contributed by atoms with Crippen molar-refractivity contribution < 1.29 is 4.39 Å². The lowest BCUT2D eigenvalue weighted by molar-refractivity contribution is 0.545. The van der Waals surface area contributed by atoms with Crippen molar-refractivity contribution in [2.45, 2.75) is 32.7 Å². The fourth-order valence-electron chi connectivity index (χ4n) is 1.73. The van der Waals surface area contributed by atoms with Gasteiger partial charge in [-0.2, -0.15) is 5.10 Å². The molecule has 0 aliphatic carbocycles. The molecule has 2 rings (SSSR count). The Hall–Kier alpha value is -1.84. The average Bonchev–Trinajstić information content (AvgIpc) is 2.60. The average molecular weight is 247 g/mol. The molecule has 0 saturated carbocycles. The molecule has 0 amide bonds. The van der Waals surface area contributed by atoms with Crippen LogP contribution in [0.3, 0.4) is 0 Å². The van der Waals surface area contributed by atoms with Gasteiger partial charge in [0.1, 0.15) is 11.6 Å². The van der Waals surface area contributed by atoms with Crippen molar-refractivity contribution in [1.82, 2.24) is 9.78 Å². The van der Waals surface area contributed by atoms with Gasteiger partial charge in [0.15, 0.2) is 0 Å². The molecule has 1 aromatic heterocycles. The normalized spacial score (nSPS) is 11.8. The van der Waals surface area contributed by atoms with Crippen molar-refractivity contribution in [3.8, 4) is 0 Å². The molecule has 0 fully saturated rings. The van der Waals surface area contributed by atoms with Crippen molar-refractivity contribution in [2.24, 2.45) is 0 Å². The number of hydrogen-bond donors (Lipinski definition) is 1. The Bertz CT molecular complexity index is 552. The number of aromatic nitrogens is 2. The summed E-state index contributed by atoms with van der Waals surface area (Å²) in [6, 6.07) is 8.35. The molecule has 4 heteroatoms. The van der Waals surface area contributed by atoms with E-state index in [0.29, 0.717) is 12.4 Å². The first-order valence-corrected chi connectivity index (χ1v) is 5.94. The molecule has 1 heterocycles. The van der Waals surface area contributed by atoms with E-state index in [4.69, 9.17) is 5.73 Å². The van der Waals surface area contributed by atoms with Crippen molar-refractivity contribution >= 4 is 5.82 Å². The summed E-state index contributed by atoms with van der Waals surface area (Å²) in [5.74, 6) is 0.360. The monoisotopic (exact) mass is 247 g/mol. The number of halogens is 1. The van der Waals surface area contributed by atoms with Crippen LogP contribution >= 0.6 is 0 Å². The SMILES string of the molecule is CC(C)(C)c1cc(N)n(Cc2cccc(F)c2)n1. The lowest BCUT2D eigenvalue weighted by Crippen LogP contribution is -2.13. The minimum atomic E-state index is -0.241. The van der Waals surface area contributed by atoms with E-state index < -0.39 is 0 Å². The highest BCUT2D eigenvalue weighted by Gasteiger charge is 2.18. The lowest BCUT2D eigenvalue weighted by Gasteiger charge is -2.14. The molecule has 0 aliphatic heterocycles. The molecule has 3 nitrogen and oxygen atoms in total. The minimum absolute atomic E-state index is 0.0404. The first kappa shape index (κ1) is 12.6. The molecule has 0 spiro atoms. The lowest BCUT2D eigenvalue weighted by atomic mass is 9.92. The summed E-state index contributed by atoms with van der Waals surface area (Å²) in [5, 5.41) is 4.48. The molecule has 2 N–H and O–H groups in total. The van der Waals surface area contributed by atoms with Crippen LogP contribution in [0.1, 0.15) is 32.0 Å². The van der Waals surface area contributed by atoms with E-state index >= 15 is 0 Å². The molecule has 0 atom stereocenters. The van der Waals surface area contributed by atoms with Crippen LogP contribution in [-0.4, -0.2) is 9.78 Å². The molecular formula is C14H18FN3. The smallest absolute Gasteiger partial charge is 0.123 e. The van der Waals surface area contributed by atoms with E-state index in [0.717, 1.165) is 11.3 Å². The molecule has 1 aromatic carbocycles. The number of hydrogen-bond acceptors (Lipinski definition) is 2. The Labute approximate surface area is 106 Å². The van der Waals surface area contributed by atoms with Gasteiger partial charge in [0.2, 0.25) is 0 Å². The third kappa shape index (κ3) is 2.70. The van der Waals surface area contributed by atoms with Crippen LogP contribution < -0.4 is 5.73 Å². The summed E-state index contributed by atoms with van der Waals surface area (Å²) < 4.78 is 14.8. The van der Waals surface area contributed by atoms with Gasteiger partial charge in [-0.3, -0.25) is 0 Å². The topological polar surface area (TPSA) is 43.8 Å². The summed E-state index contributed by atoms with van der Waals surface area (Å²) in [6.07, 6.45) is 0. The van der Waals surface area contributed by atoms with Gasteiger partial charge in [-0.1, -0.05) is 32.9 Å². The van der Waals surface area contributed by atoms with Gasteiger partial charge in [0, 0.05) is 11.5 Å². The van der Waals surface area contributed by atoms with Gasteiger partial charge >= 0.3 is 0 Å². The van der Waals surface area contributed by atoms with Crippen molar-refractivity contribution in [1.29, 1.82) is 0 Å². The number of nitrogens with zero attached hydrogens (tertiary/aromatic N) is 2. The van der Waals surface area contributed by atoms with E-state index in [-0.39, 0.29) is 11.2 Å². The van der Waals surface area contributed by atoms with Gasteiger partial charge in [-0.05, 0) is 17.7 Å². The second-order valence-electron chi connectivity index (χ2n) is 5.49. The summed E-state index contributed by atoms with van der Waals surface area (Å²) in [6.45, 7) is 6.74. The highest BCUT2D eigenvalue weighted by molar-refractivity contribution is 5.34. The zero-order valence-electron chi connectivity index (χ0n) is 10.9. The zero-order valence-corrected chi connectivity index (χ0v) is 10.9. The predicted octanol–water partition coefficient (Wildman–Crippen LogP) is 2.95. The Morgan fingerprint density at radius 3 is 2.56 bits per heavy atom. The predicted molar refractivity (Wildman–Crippen MR) is 70.8 cm³/mol. The van der Waals surface area contributed by atoms with Crippen molar-refractivity contribution in [3.63, 3.8) is 0 Å². The fourth-order valence-corrected chi connectivity index (χ4v) is 1.73. The second kappa shape index (κ2) is 4.44. The van der Waals surface area contributed by atoms with Crippen molar-refractivity contribution in [2.75, 3.05) is 5.73 Å². The van der Waals surface area contributed by atoms with Crippen LogP contribution in [0.2, 0.25) is 0 Å². The second-order valence-corrected chi connectivity index (χ2v) is 5.49. The molecule has 0 bridgehead atoms. The Balaban J connectivity index is 2.27. The van der Waals surface area contributed by atoms with Gasteiger partial charge in [0.05, 0.1) is 12.2 Å². The molecule has 0 saturated heterocycles. The van der Waals surface area contributed by atoms with Gasteiger partial charge < -0.3 is 5.73 Å². The maximum Gasteiger partial charge on any atom is 0.123 e. The maximum absolute atomic E-state index is 13.1. The first-order valence-electron chi connectivity index (χ1n) is 5.94. The van der Waals surface area contributed by atoms with Gasteiger partial charge in [0.25, 0.3) is 0 Å². The van der Waals surface area contributed by atoms with Crippen LogP contribution in [0.25, 0.3) is 0 Å². The molecule has 0 aliphatic rings. The van der Waals surface area contributed by atoms with Crippen LogP contribution in [-0.2, 0) is 12.0 Å². The highest BCUT2D eigenvalue weighted by Crippen LogP contribution is 2.23. The van der Waals surface area contributed by atoms with Crippen LogP contribution in [0.4, 0.5) is 10.2 Å². The number of rotatable bonds is 2. The summed E-state index contributed by atoms with van der Waals surface area (Å²) in [5.41, 5.74) is 7.68. The van der Waals surface area contributed by atoms with Gasteiger partial charge in [-0.15, -0.1) is 0 Å². The zero-order chi connectivity index (χ0) is 13.3. The quantitative estimate of drug-likeness (QED) is 0.886. The Kier molecular flexibility index (Phi) is 3.11. The number of nitrogen functional groups attached to an aromatic ring is 1. The molecule has 0 radical (unpaired) electrons. The van der Waals surface area contributed by atoms with E-state index in [1.807, 2.05) is 12.1 Å². The van der Waals surface area contributed by atoms with E-state index in [1.54, 1.807) is 10.7 Å². The largest absolute Gasteiger partial charge is 0.384 e. The summed E-state index contributed by atoms with van der Waals surface area (Å²) in [4.78, 5) is 0. The molecule has 18 heavy (non-hydrogen) atoms. The number of anilines is 1. The third-order valence-electron chi connectivity index (χ3n) is 2.80. The first-order chi connectivity index (χ1) is 8.36. The van der Waals surface area contributed by atoms with E-state index in [1.165, 1.54) is 12.1 Å². The molecule has 2 aromatic rings. The molecule has 96 valence electrons. The minimum Gasteiger partial charge on any atom is -0.384 e. The molecular weight excluding hydrogens is 229 g/mol. The van der Waals surface area contributed by atoms with Crippen LogP contribution in [0, 0.1) is 5.82 Å². The number of benzene rings is 1. The maximum atomic E-state index is 13.1. The van der Waals surface area contributed by atoms with Crippen LogP contribution in [0.15, 0.2) is 30.3 Å². The summed E-state index contributed by atoms with van der Waals surface area (Å²) in [7, 11) is 0. The highest BCUT2D eigenvalue weighted by atomic mass is 19.1. The molecule has 0 unspecified atom stereocenters. The van der Waals surface area contributed by atoms with E-state index in [9.17, 15) is 4.39 Å². The summed E-state index contributed by atoms with van der Waals surface area (Å²) >= 11 is 0. The van der Waals surface area contributed by atoms with Crippen LogP contribution in [0.5, 0.6) is 0 Å². The number of nitrogens with two attached hydrogens (primary N) is 1. The third-order valence-corrected chi connectivity index (χ3v) is 2.80.